The van der Waals surface area contributed by atoms with Crippen LogP contribution in [-0.4, -0.2) is 35.1 Å². The topological polar surface area (TPSA) is 85.6 Å². The van der Waals surface area contributed by atoms with Gasteiger partial charge in [0.2, 0.25) is 5.82 Å². The number of piperidine rings is 1. The summed E-state index contributed by atoms with van der Waals surface area (Å²) in [6.07, 6.45) is 3.91. The monoisotopic (exact) mass is 279 g/mol. The summed E-state index contributed by atoms with van der Waals surface area (Å²) < 4.78 is 5.06. The standard InChI is InChI=1S/C13H17N3O4/c1-2-20-13(17)11-6-3-4-9-15(11)12-10(16(18)19)7-5-8-14-12/h5,7-8,11H,2-4,6,9H2,1H3. The highest BCUT2D eigenvalue weighted by molar-refractivity contribution is 5.81. The zero-order valence-electron chi connectivity index (χ0n) is 11.3. The van der Waals surface area contributed by atoms with Crippen LogP contribution >= 0.6 is 0 Å². The van der Waals surface area contributed by atoms with Crippen LogP contribution in [0.4, 0.5) is 11.5 Å². The summed E-state index contributed by atoms with van der Waals surface area (Å²) in [7, 11) is 0. The van der Waals surface area contributed by atoms with Crippen molar-refractivity contribution < 1.29 is 14.5 Å². The minimum Gasteiger partial charge on any atom is -0.464 e. The summed E-state index contributed by atoms with van der Waals surface area (Å²) in [6.45, 7) is 2.61. The fourth-order valence-corrected chi connectivity index (χ4v) is 2.42. The van der Waals surface area contributed by atoms with E-state index in [1.54, 1.807) is 11.8 Å². The Kier molecular flexibility index (Phi) is 4.49. The van der Waals surface area contributed by atoms with Crippen molar-refractivity contribution in [2.24, 2.45) is 0 Å². The summed E-state index contributed by atoms with van der Waals surface area (Å²) in [5.74, 6) is -0.0950. The van der Waals surface area contributed by atoms with Crippen LogP contribution in [-0.2, 0) is 9.53 Å². The van der Waals surface area contributed by atoms with Crippen molar-refractivity contribution in [3.63, 3.8) is 0 Å². The van der Waals surface area contributed by atoms with Crippen molar-refractivity contribution in [3.8, 4) is 0 Å². The number of carbonyl (C=O) groups is 1. The number of hydrogen-bond donors (Lipinski definition) is 0. The lowest BCUT2D eigenvalue weighted by Gasteiger charge is -2.34. The van der Waals surface area contributed by atoms with Crippen molar-refractivity contribution in [2.75, 3.05) is 18.1 Å². The molecule has 1 aromatic heterocycles. The minimum atomic E-state index is -0.489. The van der Waals surface area contributed by atoms with Gasteiger partial charge in [0, 0.05) is 18.8 Å². The first-order valence-corrected chi connectivity index (χ1v) is 6.67. The van der Waals surface area contributed by atoms with E-state index in [0.717, 1.165) is 12.8 Å². The predicted molar refractivity (Wildman–Crippen MR) is 72.5 cm³/mol. The van der Waals surface area contributed by atoms with Crippen molar-refractivity contribution >= 4 is 17.5 Å². The molecule has 0 amide bonds. The Hall–Kier alpha value is -2.18. The van der Waals surface area contributed by atoms with E-state index in [9.17, 15) is 14.9 Å². The number of aromatic nitrogens is 1. The van der Waals surface area contributed by atoms with Crippen LogP contribution < -0.4 is 4.90 Å². The Morgan fingerprint density at radius 2 is 2.40 bits per heavy atom. The lowest BCUT2D eigenvalue weighted by atomic mass is 10.0. The Labute approximate surface area is 116 Å². The average molecular weight is 279 g/mol. The highest BCUT2D eigenvalue weighted by Crippen LogP contribution is 2.30. The van der Waals surface area contributed by atoms with Gasteiger partial charge in [0.05, 0.1) is 11.5 Å². The molecule has 1 unspecified atom stereocenters. The molecule has 0 aromatic carbocycles. The van der Waals surface area contributed by atoms with E-state index in [0.29, 0.717) is 19.6 Å². The molecular weight excluding hydrogens is 262 g/mol. The van der Waals surface area contributed by atoms with Gasteiger partial charge in [0.25, 0.3) is 0 Å². The molecule has 0 N–H and O–H groups in total. The van der Waals surface area contributed by atoms with Gasteiger partial charge in [-0.3, -0.25) is 10.1 Å². The number of pyridine rings is 1. The van der Waals surface area contributed by atoms with Crippen LogP contribution in [0.2, 0.25) is 0 Å². The molecule has 7 nitrogen and oxygen atoms in total. The second-order valence-electron chi connectivity index (χ2n) is 4.56. The van der Waals surface area contributed by atoms with Crippen LogP contribution in [0.25, 0.3) is 0 Å². The highest BCUT2D eigenvalue weighted by atomic mass is 16.6. The third-order valence-electron chi connectivity index (χ3n) is 3.30. The smallest absolute Gasteiger partial charge is 0.328 e. The third kappa shape index (κ3) is 2.87. The van der Waals surface area contributed by atoms with Crippen molar-refractivity contribution in [3.05, 3.63) is 28.4 Å². The van der Waals surface area contributed by atoms with E-state index < -0.39 is 11.0 Å². The SMILES string of the molecule is CCOC(=O)C1CCCCN1c1ncccc1[N+](=O)[O-]. The number of esters is 1. The lowest BCUT2D eigenvalue weighted by Crippen LogP contribution is -2.46. The summed E-state index contributed by atoms with van der Waals surface area (Å²) in [4.78, 5) is 28.4. The molecule has 1 fully saturated rings. The van der Waals surface area contributed by atoms with Crippen molar-refractivity contribution in [2.45, 2.75) is 32.2 Å². The van der Waals surface area contributed by atoms with E-state index in [2.05, 4.69) is 4.98 Å². The Balaban J connectivity index is 2.33. The van der Waals surface area contributed by atoms with Gasteiger partial charge in [-0.15, -0.1) is 0 Å². The first kappa shape index (κ1) is 14.2. The second-order valence-corrected chi connectivity index (χ2v) is 4.56. The van der Waals surface area contributed by atoms with Gasteiger partial charge in [0.15, 0.2) is 0 Å². The van der Waals surface area contributed by atoms with Crippen LogP contribution in [0.3, 0.4) is 0 Å². The van der Waals surface area contributed by atoms with E-state index in [4.69, 9.17) is 4.74 Å². The number of nitro groups is 1. The Morgan fingerprint density at radius 1 is 1.60 bits per heavy atom. The molecule has 1 atom stereocenters. The maximum Gasteiger partial charge on any atom is 0.328 e. The van der Waals surface area contributed by atoms with Gasteiger partial charge in [-0.25, -0.2) is 9.78 Å². The molecule has 1 aromatic rings. The first-order chi connectivity index (χ1) is 9.65. The zero-order valence-corrected chi connectivity index (χ0v) is 11.3. The summed E-state index contributed by atoms with van der Waals surface area (Å²) in [5.41, 5.74) is -0.0799. The van der Waals surface area contributed by atoms with Crippen molar-refractivity contribution in [1.82, 2.24) is 4.98 Å². The van der Waals surface area contributed by atoms with Gasteiger partial charge in [-0.05, 0) is 32.3 Å². The minimum absolute atomic E-state index is 0.0799. The zero-order chi connectivity index (χ0) is 14.5. The van der Waals surface area contributed by atoms with E-state index in [1.807, 2.05) is 0 Å². The average Bonchev–Trinajstić information content (AvgIpc) is 2.47. The first-order valence-electron chi connectivity index (χ1n) is 6.67. The Bertz CT molecular complexity index is 506. The predicted octanol–water partition coefficient (Wildman–Crippen LogP) is 1.91. The molecule has 7 heteroatoms. The third-order valence-corrected chi connectivity index (χ3v) is 3.30. The van der Waals surface area contributed by atoms with Crippen molar-refractivity contribution in [1.29, 1.82) is 0 Å². The molecular formula is C13H17N3O4. The molecule has 1 aliphatic rings. The maximum absolute atomic E-state index is 12.0. The second kappa shape index (κ2) is 6.31. The van der Waals surface area contributed by atoms with Crippen LogP contribution in [0.15, 0.2) is 18.3 Å². The molecule has 1 aliphatic heterocycles. The lowest BCUT2D eigenvalue weighted by molar-refractivity contribution is -0.384. The number of ether oxygens (including phenoxy) is 1. The van der Waals surface area contributed by atoms with Gasteiger partial charge < -0.3 is 9.64 Å². The number of carbonyl (C=O) groups excluding carboxylic acids is 1. The number of hydrogen-bond acceptors (Lipinski definition) is 6. The number of nitrogens with zero attached hydrogens (tertiary/aromatic N) is 3. The van der Waals surface area contributed by atoms with Gasteiger partial charge >= 0.3 is 11.7 Å². The van der Waals surface area contributed by atoms with Gasteiger partial charge in [0.1, 0.15) is 6.04 Å². The fourth-order valence-electron chi connectivity index (χ4n) is 2.42. The number of rotatable bonds is 4. The molecule has 0 saturated carbocycles. The van der Waals surface area contributed by atoms with Gasteiger partial charge in [-0.2, -0.15) is 0 Å². The molecule has 108 valence electrons. The summed E-state index contributed by atoms with van der Waals surface area (Å²) in [6, 6.07) is 2.43. The molecule has 20 heavy (non-hydrogen) atoms. The van der Waals surface area contributed by atoms with Crippen LogP contribution in [0.5, 0.6) is 0 Å². The quantitative estimate of drug-likeness (QED) is 0.475. The van der Waals surface area contributed by atoms with E-state index >= 15 is 0 Å². The molecule has 0 radical (unpaired) electrons. The molecule has 2 heterocycles. The molecule has 0 bridgehead atoms. The normalized spacial score (nSPS) is 18.6. The maximum atomic E-state index is 12.0. The molecule has 0 aliphatic carbocycles. The summed E-state index contributed by atoms with van der Waals surface area (Å²) in [5, 5.41) is 11.1. The Morgan fingerprint density at radius 3 is 3.10 bits per heavy atom. The largest absolute Gasteiger partial charge is 0.464 e. The molecule has 2 rings (SSSR count). The molecule has 1 saturated heterocycles. The highest BCUT2D eigenvalue weighted by Gasteiger charge is 2.34. The van der Waals surface area contributed by atoms with Gasteiger partial charge in [-0.1, -0.05) is 0 Å². The summed E-state index contributed by atoms with van der Waals surface area (Å²) >= 11 is 0. The van der Waals surface area contributed by atoms with Crippen LogP contribution in [0, 0.1) is 10.1 Å². The number of anilines is 1. The van der Waals surface area contributed by atoms with E-state index in [1.165, 1.54) is 18.3 Å². The van der Waals surface area contributed by atoms with Crippen LogP contribution in [0.1, 0.15) is 26.2 Å². The fraction of sp³-hybridized carbons (Fsp3) is 0.538. The molecule has 0 spiro atoms. The van der Waals surface area contributed by atoms with E-state index in [-0.39, 0.29) is 17.5 Å².